The number of carbonyl (C=O) groups is 4. The minimum absolute atomic E-state index is 0. The molecule has 8 heteroatoms. The number of amides is 4. The number of imide groups is 1. The number of fused-ring (bicyclic) bond motifs is 7. The fraction of sp³-hybridized carbons (Fsp3) is 0.350. The van der Waals surface area contributed by atoms with Gasteiger partial charge in [0.15, 0.2) is 0 Å². The van der Waals surface area contributed by atoms with E-state index in [1.54, 1.807) is 0 Å². The van der Waals surface area contributed by atoms with Crippen molar-refractivity contribution in [1.29, 1.82) is 0 Å². The Labute approximate surface area is 551 Å². The van der Waals surface area contributed by atoms with Crippen molar-refractivity contribution >= 4 is 35.0 Å². The van der Waals surface area contributed by atoms with E-state index < -0.39 is 11.0 Å². The Kier molecular flexibility index (Phi) is 24.0. The van der Waals surface area contributed by atoms with Crippen molar-refractivity contribution in [2.75, 3.05) is 9.80 Å². The van der Waals surface area contributed by atoms with Crippen LogP contribution in [0.1, 0.15) is 190 Å². The van der Waals surface area contributed by atoms with Gasteiger partial charge in [-0.05, 0) is 137 Å². The molecule has 6 aromatic carbocycles. The Morgan fingerprint density at radius 1 is 0.489 bits per heavy atom. The molecule has 0 spiro atoms. The maximum absolute atomic E-state index is 13.1. The van der Waals surface area contributed by atoms with Gasteiger partial charge in [0.2, 0.25) is 5.91 Å². The molecule has 88 heavy (non-hydrogen) atoms. The Morgan fingerprint density at radius 2 is 0.886 bits per heavy atom. The van der Waals surface area contributed by atoms with E-state index in [4.69, 9.17) is 0 Å². The second-order valence-corrected chi connectivity index (χ2v) is 27.3. The first kappa shape index (κ1) is 69.4. The molecule has 0 aromatic heterocycles. The molecule has 3 heterocycles. The van der Waals surface area contributed by atoms with Gasteiger partial charge in [0, 0.05) is 69.3 Å². The fourth-order valence-electron chi connectivity index (χ4n) is 11.4. The van der Waals surface area contributed by atoms with Crippen LogP contribution in [0.3, 0.4) is 0 Å². The van der Waals surface area contributed by atoms with Crippen LogP contribution < -0.4 is 9.80 Å². The molecule has 6 aromatic rings. The van der Waals surface area contributed by atoms with Crippen LogP contribution in [-0.2, 0) is 27.3 Å². The Balaban J connectivity index is 0.000000176. The molecule has 2 unspecified atom stereocenters. The van der Waals surface area contributed by atoms with E-state index in [9.17, 15) is 19.2 Å². The minimum atomic E-state index is -0.436. The molecule has 0 saturated heterocycles. The van der Waals surface area contributed by atoms with Gasteiger partial charge in [0.25, 0.3) is 17.7 Å². The topological polar surface area (TPSA) is 78.0 Å². The molecule has 12 rings (SSSR count). The van der Waals surface area contributed by atoms with Gasteiger partial charge >= 0.3 is 31.1 Å². The zero-order chi connectivity index (χ0) is 63.3. The van der Waals surface area contributed by atoms with Crippen molar-refractivity contribution in [3.05, 3.63) is 226 Å². The first-order valence-corrected chi connectivity index (χ1v) is 30.5. The summed E-state index contributed by atoms with van der Waals surface area (Å²) < 4.78 is 0. The normalized spacial score (nSPS) is 17.0. The van der Waals surface area contributed by atoms with Gasteiger partial charge in [-0.1, -0.05) is 162 Å². The van der Waals surface area contributed by atoms with Crippen molar-refractivity contribution in [2.24, 2.45) is 28.6 Å². The molecule has 450 valence electrons. The monoisotopic (exact) mass is 1390 g/mol. The number of carbonyl (C=O) groups excluding carboxylic acids is 4. The average molecular weight is 1390 g/mol. The number of para-hydroxylation sites is 2. The standard InChI is InChI=1S/C20H19NO.C19H17NO.C16H11.C13H20.C8H11NO2.C4H9.U/c1-20(2,3)19(22)21-14-17-10-5-4-8-15(17)12-13-16-9-6-7-11-18(16)21;1-19(2,3)20-17-11-7-5-9-15(17)13-12-14-8-4-6-10-16(14)18(20)21;1-2-6-14-11-12-16-8-4-3-7-15(16)10-9-13(14)5-1;1-13(2,3)12-10-8-6-4-5-7-9-11(10)12;1-8(2,3)9-6(10)4-5-7(9)11;1-4(2)3;/h4-11H,14H2,1-3H3;4-11H,1-3H3;1-9H,10H2;10-12H,6-9H2,1-3H3;4-5H,1-3H3;1-3H3;/q;;-1;;;-1;+2. The van der Waals surface area contributed by atoms with Gasteiger partial charge in [-0.25, -0.2) is 0 Å². The van der Waals surface area contributed by atoms with Crippen LogP contribution in [0.5, 0.6) is 0 Å². The smallest absolute Gasteiger partial charge is 0.323 e. The molecule has 0 radical (unpaired) electrons. The number of rotatable bonds is 0. The summed E-state index contributed by atoms with van der Waals surface area (Å²) in [5.41, 5.74) is 11.3. The van der Waals surface area contributed by atoms with Crippen molar-refractivity contribution in [1.82, 2.24) is 4.90 Å². The Hall–Kier alpha value is -7.70. The van der Waals surface area contributed by atoms with E-state index in [2.05, 4.69) is 132 Å². The Morgan fingerprint density at radius 3 is 1.40 bits per heavy atom. The van der Waals surface area contributed by atoms with Crippen molar-refractivity contribution in [3.8, 4) is 47.4 Å². The molecule has 4 amide bonds. The summed E-state index contributed by atoms with van der Waals surface area (Å²) in [7, 11) is 0. The van der Waals surface area contributed by atoms with Crippen LogP contribution in [-0.4, -0.2) is 39.6 Å². The van der Waals surface area contributed by atoms with Gasteiger partial charge in [0.05, 0.1) is 23.5 Å². The van der Waals surface area contributed by atoms with E-state index >= 15 is 0 Å². The molecule has 6 aliphatic rings. The second kappa shape index (κ2) is 30.5. The van der Waals surface area contributed by atoms with E-state index in [-0.39, 0.29) is 60.3 Å². The SMILES string of the molecule is C1#Cc2ccccc2C[CH-]c2ccccc21.CC(C)(C)C(=O)N1Cc2ccccc2C#Cc2ccccc21.CC(C)(C)C1C2CCC#CCCC21.CC(C)(C)N1C(=O)C=CC1=O.CC(C)(C)N1C(=O)c2ccccc2C#Cc2ccccc21.C[C-](C)C.[U+2]. The van der Waals surface area contributed by atoms with Crippen LogP contribution in [0.15, 0.2) is 158 Å². The Bertz CT molecular complexity index is 3680. The quantitative estimate of drug-likeness (QED) is 0.0862. The zero-order valence-electron chi connectivity index (χ0n) is 54.5. The number of hydrogen-bond acceptors (Lipinski definition) is 4. The fourth-order valence-corrected chi connectivity index (χ4v) is 11.4. The predicted octanol–water partition coefficient (Wildman–Crippen LogP) is 16.8. The summed E-state index contributed by atoms with van der Waals surface area (Å²) in [6, 6.07) is 47.9. The molecule has 2 atom stereocenters. The van der Waals surface area contributed by atoms with Crippen molar-refractivity contribution in [2.45, 2.75) is 154 Å². The summed E-state index contributed by atoms with van der Waals surface area (Å²) in [5, 5.41) is 0. The summed E-state index contributed by atoms with van der Waals surface area (Å²) in [6.07, 6.45) is 10.8. The molecule has 0 bridgehead atoms. The van der Waals surface area contributed by atoms with Gasteiger partial charge < -0.3 is 15.7 Å². The first-order valence-electron chi connectivity index (χ1n) is 30.5. The van der Waals surface area contributed by atoms with E-state index in [0.29, 0.717) is 17.5 Å². The molecular weight excluding hydrogens is 1300 g/mol. The molecule has 7 nitrogen and oxygen atoms in total. The molecular formula is C80H87N3O4U. The summed E-state index contributed by atoms with van der Waals surface area (Å²) >= 11 is 0. The van der Waals surface area contributed by atoms with E-state index in [1.165, 1.54) is 46.9 Å². The number of benzene rings is 6. The van der Waals surface area contributed by atoms with Crippen LogP contribution >= 0.6 is 0 Å². The molecule has 3 aliphatic heterocycles. The largest absolute Gasteiger partial charge is 2.00 e. The van der Waals surface area contributed by atoms with Gasteiger partial charge in [0.1, 0.15) is 0 Å². The van der Waals surface area contributed by atoms with Gasteiger partial charge in [-0.3, -0.25) is 24.1 Å². The second-order valence-electron chi connectivity index (χ2n) is 27.3. The number of anilines is 2. The first-order chi connectivity index (χ1) is 41.1. The third-order valence-corrected chi connectivity index (χ3v) is 15.3. The molecule has 1 fully saturated rings. The van der Waals surface area contributed by atoms with E-state index in [0.717, 1.165) is 87.3 Å². The summed E-state index contributed by atoms with van der Waals surface area (Å²) in [5.74, 6) is 29.9. The summed E-state index contributed by atoms with van der Waals surface area (Å²) in [6.45, 7) is 31.4. The molecule has 1 saturated carbocycles. The summed E-state index contributed by atoms with van der Waals surface area (Å²) in [4.78, 5) is 53.0. The maximum atomic E-state index is 13.1. The minimum Gasteiger partial charge on any atom is -0.323 e. The predicted molar refractivity (Wildman–Crippen MR) is 358 cm³/mol. The van der Waals surface area contributed by atoms with E-state index in [1.807, 2.05) is 181 Å². The zero-order valence-corrected chi connectivity index (χ0v) is 58.7. The molecule has 0 N–H and O–H groups in total. The van der Waals surface area contributed by atoms with Crippen LogP contribution in [0.25, 0.3) is 0 Å². The van der Waals surface area contributed by atoms with Crippen molar-refractivity contribution < 1.29 is 50.3 Å². The maximum Gasteiger partial charge on any atom is 2.00 e. The third-order valence-electron chi connectivity index (χ3n) is 15.3. The third kappa shape index (κ3) is 18.7. The van der Waals surface area contributed by atoms with Crippen LogP contribution in [0.2, 0.25) is 0 Å². The average Bonchev–Trinajstić information content (AvgIpc) is 1.77. The van der Waals surface area contributed by atoms with Gasteiger partial charge in [-0.2, -0.15) is 38.8 Å². The number of nitrogens with zero attached hydrogens (tertiary/aromatic N) is 3. The molecule has 3 aliphatic carbocycles. The van der Waals surface area contributed by atoms with Crippen molar-refractivity contribution in [3.63, 3.8) is 0 Å². The van der Waals surface area contributed by atoms with Gasteiger partial charge in [-0.15, -0.1) is 29.9 Å². The van der Waals surface area contributed by atoms with Crippen LogP contribution in [0.4, 0.5) is 11.4 Å². The number of hydrogen-bond donors (Lipinski definition) is 0. The van der Waals surface area contributed by atoms with Crippen LogP contribution in [0, 0.1) is 119 Å².